The minimum atomic E-state index is -1.28. The van der Waals surface area contributed by atoms with Crippen molar-refractivity contribution >= 4 is 7.12 Å². The summed E-state index contributed by atoms with van der Waals surface area (Å²) in [5.41, 5.74) is 0. The van der Waals surface area contributed by atoms with Gasteiger partial charge in [-0.2, -0.15) is 0 Å². The second-order valence-electron chi connectivity index (χ2n) is 3.75. The Morgan fingerprint density at radius 3 is 2.07 bits per heavy atom. The number of unbranched alkanes of at least 4 members (excludes halogenated alkanes) is 7. The molecule has 0 saturated heterocycles. The molecule has 2 N–H and O–H groups in total. The van der Waals surface area contributed by atoms with Crippen LogP contribution in [0.1, 0.15) is 58.3 Å². The molecule has 0 amide bonds. The van der Waals surface area contributed by atoms with Gasteiger partial charge in [-0.3, -0.25) is 0 Å². The molecule has 0 heterocycles. The van der Waals surface area contributed by atoms with Crippen LogP contribution >= 0.6 is 0 Å². The van der Waals surface area contributed by atoms with Gasteiger partial charge in [-0.15, -0.1) is 0 Å². The maximum Gasteiger partial charge on any atom is 0.480 e. The van der Waals surface area contributed by atoms with Crippen molar-refractivity contribution in [1.82, 2.24) is 0 Å². The molecule has 0 spiro atoms. The molecule has 82 valence electrons. The van der Waals surface area contributed by atoms with Crippen molar-refractivity contribution in [2.24, 2.45) is 0 Å². The Morgan fingerprint density at radius 1 is 0.929 bits per heavy atom. The molecule has 0 radical (unpaired) electrons. The van der Waals surface area contributed by atoms with Crippen molar-refractivity contribution in [2.45, 2.75) is 58.3 Å². The van der Waals surface area contributed by atoms with Crippen LogP contribution in [-0.4, -0.2) is 17.2 Å². The Hall–Kier alpha value is -0.275. The number of rotatable bonds is 9. The summed E-state index contributed by atoms with van der Waals surface area (Å²) in [6, 6.07) is 0. The monoisotopic (exact) mass is 198 g/mol. The Kier molecular flexibility index (Phi) is 10.6. The van der Waals surface area contributed by atoms with E-state index < -0.39 is 7.12 Å². The van der Waals surface area contributed by atoms with Crippen molar-refractivity contribution in [3.8, 4) is 0 Å². The van der Waals surface area contributed by atoms with Gasteiger partial charge in [-0.25, -0.2) is 0 Å². The predicted octanol–water partition coefficient (Wildman–Crippen LogP) is 2.70. The molecule has 0 aromatic rings. The largest absolute Gasteiger partial charge is 0.480 e. The van der Waals surface area contributed by atoms with E-state index in [-0.39, 0.29) is 0 Å². The molecular formula is C11H23BO2. The van der Waals surface area contributed by atoms with Gasteiger partial charge in [0.05, 0.1) is 0 Å². The van der Waals surface area contributed by atoms with Crippen LogP contribution in [-0.2, 0) is 0 Å². The summed E-state index contributed by atoms with van der Waals surface area (Å²) in [7, 11) is -1.28. The molecule has 0 aromatic heterocycles. The molecule has 0 saturated carbocycles. The highest BCUT2D eigenvalue weighted by molar-refractivity contribution is 6.47. The van der Waals surface area contributed by atoms with Crippen LogP contribution in [0.2, 0.25) is 0 Å². The van der Waals surface area contributed by atoms with Crippen molar-refractivity contribution in [3.63, 3.8) is 0 Å². The van der Waals surface area contributed by atoms with Crippen molar-refractivity contribution < 1.29 is 10.0 Å². The van der Waals surface area contributed by atoms with Gasteiger partial charge in [0.15, 0.2) is 0 Å². The molecule has 0 aromatic carbocycles. The van der Waals surface area contributed by atoms with Gasteiger partial charge in [-0.1, -0.05) is 57.5 Å². The van der Waals surface area contributed by atoms with E-state index in [1.54, 1.807) is 0 Å². The fourth-order valence-corrected chi connectivity index (χ4v) is 1.44. The topological polar surface area (TPSA) is 40.5 Å². The van der Waals surface area contributed by atoms with Gasteiger partial charge in [-0.05, 0) is 12.8 Å². The van der Waals surface area contributed by atoms with Crippen LogP contribution in [0, 0.1) is 0 Å². The summed E-state index contributed by atoms with van der Waals surface area (Å²) >= 11 is 0. The highest BCUT2D eigenvalue weighted by atomic mass is 16.4. The quantitative estimate of drug-likeness (QED) is 0.441. The van der Waals surface area contributed by atoms with Crippen LogP contribution < -0.4 is 0 Å². The summed E-state index contributed by atoms with van der Waals surface area (Å²) in [5.74, 6) is 1.43. The van der Waals surface area contributed by atoms with E-state index in [0.29, 0.717) is 0 Å². The zero-order valence-electron chi connectivity index (χ0n) is 9.28. The number of allylic oxidation sites excluding steroid dienone is 1. The first-order valence-corrected chi connectivity index (χ1v) is 5.80. The molecule has 0 unspecified atom stereocenters. The molecule has 0 aliphatic heterocycles. The van der Waals surface area contributed by atoms with Gasteiger partial charge in [0, 0.05) is 0 Å². The van der Waals surface area contributed by atoms with Gasteiger partial charge < -0.3 is 10.0 Å². The fraction of sp³-hybridized carbons (Fsp3) is 0.818. The van der Waals surface area contributed by atoms with E-state index in [9.17, 15) is 0 Å². The number of hydrogen-bond donors (Lipinski definition) is 2. The third-order valence-corrected chi connectivity index (χ3v) is 2.28. The van der Waals surface area contributed by atoms with E-state index in [1.165, 1.54) is 44.5 Å². The molecule has 0 aliphatic rings. The summed E-state index contributed by atoms with van der Waals surface area (Å²) in [6.07, 6.45) is 11.9. The predicted molar refractivity (Wildman–Crippen MR) is 61.9 cm³/mol. The Balaban J connectivity index is 2.99. The number of hydrogen-bond acceptors (Lipinski definition) is 2. The smallest absolute Gasteiger partial charge is 0.424 e. The molecule has 0 bridgehead atoms. The summed E-state index contributed by atoms with van der Waals surface area (Å²) in [4.78, 5) is 0. The lowest BCUT2D eigenvalue weighted by molar-refractivity contribution is 0.424. The highest BCUT2D eigenvalue weighted by Gasteiger charge is 1.96. The van der Waals surface area contributed by atoms with Crippen LogP contribution in [0.4, 0.5) is 0 Å². The minimum absolute atomic E-state index is 0.964. The Bertz CT molecular complexity index is 135. The van der Waals surface area contributed by atoms with Gasteiger partial charge in [0.1, 0.15) is 0 Å². The van der Waals surface area contributed by atoms with Crippen LogP contribution in [0.5, 0.6) is 0 Å². The normalized spacial score (nSPS) is 11.1. The molecule has 14 heavy (non-hydrogen) atoms. The third kappa shape index (κ3) is 11.7. The molecule has 2 nitrogen and oxygen atoms in total. The van der Waals surface area contributed by atoms with Gasteiger partial charge >= 0.3 is 7.12 Å². The maximum absolute atomic E-state index is 8.52. The van der Waals surface area contributed by atoms with Crippen LogP contribution in [0.25, 0.3) is 0 Å². The lowest BCUT2D eigenvalue weighted by Crippen LogP contribution is -2.05. The lowest BCUT2D eigenvalue weighted by Gasteiger charge is -1.98. The third-order valence-electron chi connectivity index (χ3n) is 2.28. The molecular weight excluding hydrogens is 175 g/mol. The molecule has 0 atom stereocenters. The van der Waals surface area contributed by atoms with Crippen molar-refractivity contribution in [1.29, 1.82) is 0 Å². The molecule has 3 heteroatoms. The fourth-order valence-electron chi connectivity index (χ4n) is 1.44. The lowest BCUT2D eigenvalue weighted by atomic mass is 9.91. The molecule has 0 rings (SSSR count). The van der Waals surface area contributed by atoms with E-state index in [4.69, 9.17) is 10.0 Å². The van der Waals surface area contributed by atoms with Crippen molar-refractivity contribution in [3.05, 3.63) is 12.1 Å². The summed E-state index contributed by atoms with van der Waals surface area (Å²) in [5, 5.41) is 17.0. The second-order valence-corrected chi connectivity index (χ2v) is 3.75. The van der Waals surface area contributed by atoms with E-state index in [0.717, 1.165) is 12.8 Å². The Morgan fingerprint density at radius 2 is 1.50 bits per heavy atom. The molecule has 0 aliphatic carbocycles. The zero-order valence-corrected chi connectivity index (χ0v) is 9.28. The van der Waals surface area contributed by atoms with E-state index in [2.05, 4.69) is 6.92 Å². The maximum atomic E-state index is 8.52. The first-order chi connectivity index (χ1) is 6.77. The first-order valence-electron chi connectivity index (χ1n) is 5.80. The van der Waals surface area contributed by atoms with Crippen LogP contribution in [0.3, 0.4) is 0 Å². The first kappa shape index (κ1) is 13.7. The average Bonchev–Trinajstić information content (AvgIpc) is 2.15. The Labute approximate surface area is 88.2 Å². The van der Waals surface area contributed by atoms with Gasteiger partial charge in [0.2, 0.25) is 0 Å². The van der Waals surface area contributed by atoms with Gasteiger partial charge in [0.25, 0.3) is 0 Å². The second kappa shape index (κ2) is 10.8. The SMILES string of the molecule is CCCCCCCCC/C=C/B(O)O. The zero-order chi connectivity index (χ0) is 10.6. The highest BCUT2D eigenvalue weighted by Crippen LogP contribution is 2.08. The standard InChI is InChI=1S/C11H23BO2/c1-2-3-4-5-6-7-8-9-10-11-12(13)14/h10-11,13-14H,2-9H2,1H3/b11-10+. The molecule has 0 fully saturated rings. The summed E-state index contributed by atoms with van der Waals surface area (Å²) in [6.45, 7) is 2.23. The average molecular weight is 198 g/mol. The minimum Gasteiger partial charge on any atom is -0.424 e. The summed E-state index contributed by atoms with van der Waals surface area (Å²) < 4.78 is 0. The van der Waals surface area contributed by atoms with E-state index in [1.807, 2.05) is 6.08 Å². The van der Waals surface area contributed by atoms with E-state index >= 15 is 0 Å². The van der Waals surface area contributed by atoms with Crippen LogP contribution in [0.15, 0.2) is 12.1 Å². The van der Waals surface area contributed by atoms with Crippen molar-refractivity contribution in [2.75, 3.05) is 0 Å².